The number of nitrogens with one attached hydrogen (secondary N) is 1. The lowest BCUT2D eigenvalue weighted by Crippen LogP contribution is -2.51. The van der Waals surface area contributed by atoms with E-state index in [-0.39, 0.29) is 11.8 Å². The van der Waals surface area contributed by atoms with Gasteiger partial charge in [0.25, 0.3) is 5.91 Å². The van der Waals surface area contributed by atoms with Crippen LogP contribution in [-0.4, -0.2) is 41.3 Å². The van der Waals surface area contributed by atoms with Crippen molar-refractivity contribution >= 4 is 46.4 Å². The van der Waals surface area contributed by atoms with Crippen LogP contribution in [-0.2, 0) is 4.79 Å². The second-order valence-electron chi connectivity index (χ2n) is 5.79. The number of likely N-dealkylation sites (N-methyl/N-ethyl adjacent to an activating group) is 1. The first-order valence-corrected chi connectivity index (χ1v) is 9.58. The molecule has 1 aliphatic heterocycles. The van der Waals surface area contributed by atoms with Gasteiger partial charge in [0.05, 0.1) is 5.02 Å². The molecule has 1 aromatic carbocycles. The van der Waals surface area contributed by atoms with Crippen LogP contribution >= 0.6 is 34.5 Å². The molecule has 0 spiro atoms. The van der Waals surface area contributed by atoms with Crippen molar-refractivity contribution in [1.29, 1.82) is 0 Å². The molecule has 1 unspecified atom stereocenters. The van der Waals surface area contributed by atoms with Crippen LogP contribution in [0.1, 0.15) is 29.8 Å². The molecule has 0 saturated carbocycles. The van der Waals surface area contributed by atoms with E-state index in [1.807, 2.05) is 0 Å². The maximum Gasteiger partial charge on any atom is 0.274 e. The number of nitrogens with zero attached hydrogens (tertiary/aromatic N) is 2. The molecule has 1 aliphatic rings. The fourth-order valence-electron chi connectivity index (χ4n) is 2.92. The van der Waals surface area contributed by atoms with E-state index in [1.54, 1.807) is 35.5 Å². The predicted octanol–water partition coefficient (Wildman–Crippen LogP) is 3.86. The summed E-state index contributed by atoms with van der Waals surface area (Å²) in [6.45, 7) is 0.561. The van der Waals surface area contributed by atoms with E-state index in [1.165, 1.54) is 11.3 Å². The Kier molecular flexibility index (Phi) is 5.61. The van der Waals surface area contributed by atoms with Gasteiger partial charge in [0, 0.05) is 29.6 Å². The van der Waals surface area contributed by atoms with Crippen molar-refractivity contribution in [2.24, 2.45) is 0 Å². The fraction of sp³-hybridized carbons (Fsp3) is 0.353. The van der Waals surface area contributed by atoms with Gasteiger partial charge in [0.15, 0.2) is 0 Å². The minimum atomic E-state index is -0.435. The number of carbonyl (C=O) groups excluding carboxylic acids is 2. The smallest absolute Gasteiger partial charge is 0.274 e. The number of piperidine rings is 1. The van der Waals surface area contributed by atoms with Crippen LogP contribution in [0.4, 0.5) is 0 Å². The molecular formula is C17H17Cl2N3O2S. The van der Waals surface area contributed by atoms with Crippen molar-refractivity contribution in [2.45, 2.75) is 25.3 Å². The molecular weight excluding hydrogens is 381 g/mol. The normalized spacial score (nSPS) is 17.4. The maximum atomic E-state index is 12.9. The zero-order valence-corrected chi connectivity index (χ0v) is 15.9. The lowest BCUT2D eigenvalue weighted by molar-refractivity contribution is -0.126. The third kappa shape index (κ3) is 3.81. The summed E-state index contributed by atoms with van der Waals surface area (Å²) in [5.74, 6) is -0.356. The Balaban J connectivity index is 1.85. The Morgan fingerprint density at radius 3 is 2.84 bits per heavy atom. The molecule has 1 fully saturated rings. The van der Waals surface area contributed by atoms with Crippen molar-refractivity contribution in [1.82, 2.24) is 15.2 Å². The molecule has 1 saturated heterocycles. The van der Waals surface area contributed by atoms with E-state index in [4.69, 9.17) is 23.2 Å². The van der Waals surface area contributed by atoms with Crippen molar-refractivity contribution < 1.29 is 9.59 Å². The molecule has 0 bridgehead atoms. The van der Waals surface area contributed by atoms with Crippen LogP contribution in [0.25, 0.3) is 10.6 Å². The molecule has 5 nitrogen and oxygen atoms in total. The monoisotopic (exact) mass is 397 g/mol. The summed E-state index contributed by atoms with van der Waals surface area (Å²) in [6.07, 6.45) is 2.50. The molecule has 3 rings (SSSR count). The largest absolute Gasteiger partial charge is 0.357 e. The molecule has 0 aliphatic carbocycles. The lowest BCUT2D eigenvalue weighted by Gasteiger charge is -2.33. The molecule has 1 N–H and O–H groups in total. The Bertz CT molecular complexity index is 809. The summed E-state index contributed by atoms with van der Waals surface area (Å²) in [5, 5.41) is 6.02. The van der Waals surface area contributed by atoms with E-state index in [2.05, 4.69) is 10.3 Å². The van der Waals surface area contributed by atoms with Crippen LogP contribution in [0.3, 0.4) is 0 Å². The highest BCUT2D eigenvalue weighted by Gasteiger charge is 2.33. The fourth-order valence-corrected chi connectivity index (χ4v) is 4.31. The molecule has 25 heavy (non-hydrogen) atoms. The first-order valence-electron chi connectivity index (χ1n) is 7.94. The molecule has 0 radical (unpaired) electrons. The summed E-state index contributed by atoms with van der Waals surface area (Å²) < 4.78 is 0. The predicted molar refractivity (Wildman–Crippen MR) is 100 cm³/mol. The Morgan fingerprint density at radius 2 is 2.12 bits per heavy atom. The Hall–Kier alpha value is -1.63. The average molecular weight is 398 g/mol. The van der Waals surface area contributed by atoms with Gasteiger partial charge in [0.2, 0.25) is 5.91 Å². The summed E-state index contributed by atoms with van der Waals surface area (Å²) in [4.78, 5) is 31.0. The van der Waals surface area contributed by atoms with Crippen LogP contribution < -0.4 is 5.32 Å². The van der Waals surface area contributed by atoms with Gasteiger partial charge in [-0.15, -0.1) is 11.3 Å². The number of aromatic nitrogens is 1. The van der Waals surface area contributed by atoms with Gasteiger partial charge in [-0.3, -0.25) is 9.59 Å². The SMILES string of the molecule is CNC(=O)C1CCCCN1C(=O)c1csc(-c2ccc(Cl)cc2Cl)n1. The first-order chi connectivity index (χ1) is 12.0. The number of benzene rings is 1. The summed E-state index contributed by atoms with van der Waals surface area (Å²) in [7, 11) is 1.59. The van der Waals surface area contributed by atoms with Crippen LogP contribution in [0.5, 0.6) is 0 Å². The van der Waals surface area contributed by atoms with Gasteiger partial charge in [0.1, 0.15) is 16.7 Å². The minimum absolute atomic E-state index is 0.135. The third-order valence-electron chi connectivity index (χ3n) is 4.20. The highest BCUT2D eigenvalue weighted by molar-refractivity contribution is 7.13. The van der Waals surface area contributed by atoms with Gasteiger partial charge in [-0.25, -0.2) is 4.98 Å². The molecule has 2 heterocycles. The van der Waals surface area contributed by atoms with E-state index in [9.17, 15) is 9.59 Å². The molecule has 1 atom stereocenters. The van der Waals surface area contributed by atoms with Gasteiger partial charge in [-0.1, -0.05) is 23.2 Å². The molecule has 2 aromatic rings. The second-order valence-corrected chi connectivity index (χ2v) is 7.49. The number of likely N-dealkylation sites (tertiary alicyclic amines) is 1. The third-order valence-corrected chi connectivity index (χ3v) is 5.62. The van der Waals surface area contributed by atoms with Crippen molar-refractivity contribution in [3.63, 3.8) is 0 Å². The van der Waals surface area contributed by atoms with Crippen molar-refractivity contribution in [3.8, 4) is 10.6 Å². The summed E-state index contributed by atoms with van der Waals surface area (Å²) in [5.41, 5.74) is 1.07. The van der Waals surface area contributed by atoms with E-state index >= 15 is 0 Å². The number of hydrogen-bond donors (Lipinski definition) is 1. The number of thiazole rings is 1. The van der Waals surface area contributed by atoms with Crippen LogP contribution in [0.15, 0.2) is 23.6 Å². The zero-order valence-electron chi connectivity index (χ0n) is 13.6. The number of hydrogen-bond acceptors (Lipinski definition) is 4. The summed E-state index contributed by atoms with van der Waals surface area (Å²) >= 11 is 13.5. The topological polar surface area (TPSA) is 62.3 Å². The second kappa shape index (κ2) is 7.72. The first kappa shape index (κ1) is 18.2. The number of halogens is 2. The highest BCUT2D eigenvalue weighted by Crippen LogP contribution is 2.33. The van der Waals surface area contributed by atoms with Gasteiger partial charge in [-0.2, -0.15) is 0 Å². The van der Waals surface area contributed by atoms with E-state index in [0.29, 0.717) is 33.7 Å². The Morgan fingerprint density at radius 1 is 1.32 bits per heavy atom. The number of carbonyl (C=O) groups is 2. The summed E-state index contributed by atoms with van der Waals surface area (Å²) in [6, 6.07) is 4.73. The molecule has 8 heteroatoms. The number of amides is 2. The van der Waals surface area contributed by atoms with Crippen molar-refractivity contribution in [3.05, 3.63) is 39.3 Å². The van der Waals surface area contributed by atoms with Crippen LogP contribution in [0, 0.1) is 0 Å². The lowest BCUT2D eigenvalue weighted by atomic mass is 10.0. The molecule has 1 aromatic heterocycles. The van der Waals surface area contributed by atoms with Gasteiger partial charge < -0.3 is 10.2 Å². The number of rotatable bonds is 3. The van der Waals surface area contributed by atoms with E-state index < -0.39 is 6.04 Å². The zero-order chi connectivity index (χ0) is 18.0. The van der Waals surface area contributed by atoms with Gasteiger partial charge in [-0.05, 0) is 37.5 Å². The van der Waals surface area contributed by atoms with Crippen LogP contribution in [0.2, 0.25) is 10.0 Å². The quantitative estimate of drug-likeness (QED) is 0.854. The molecule has 132 valence electrons. The average Bonchev–Trinajstić information content (AvgIpc) is 3.10. The molecule has 2 amide bonds. The van der Waals surface area contributed by atoms with Gasteiger partial charge >= 0.3 is 0 Å². The van der Waals surface area contributed by atoms with Crippen molar-refractivity contribution in [2.75, 3.05) is 13.6 Å². The maximum absolute atomic E-state index is 12.9. The highest BCUT2D eigenvalue weighted by atomic mass is 35.5. The minimum Gasteiger partial charge on any atom is -0.357 e. The van der Waals surface area contributed by atoms with E-state index in [0.717, 1.165) is 18.4 Å². The standard InChI is InChI=1S/C17H17Cl2N3O2S/c1-20-15(23)14-4-2-3-7-22(14)17(24)13-9-25-16(21-13)11-6-5-10(18)8-12(11)19/h5-6,8-9,14H,2-4,7H2,1H3,(H,20,23). The Labute approximate surface area is 160 Å².